The van der Waals surface area contributed by atoms with Crippen LogP contribution in [0, 0.1) is 0 Å². The molecule has 24 heavy (non-hydrogen) atoms. The number of furan rings is 1. The quantitative estimate of drug-likeness (QED) is 0.321. The Balaban J connectivity index is 1.83. The van der Waals surface area contributed by atoms with Crippen molar-refractivity contribution in [3.8, 4) is 11.1 Å². The van der Waals surface area contributed by atoms with Crippen LogP contribution in [-0.4, -0.2) is 0 Å². The number of hydrogen-bond acceptors (Lipinski definition) is 1. The summed E-state index contributed by atoms with van der Waals surface area (Å²) in [6.45, 7) is 0. The molecule has 0 saturated carbocycles. The van der Waals surface area contributed by atoms with E-state index < -0.39 is 0 Å². The smallest absolute Gasteiger partial charge is 0.135 e. The molecule has 5 rings (SSSR count). The fraction of sp³-hybridized carbons (Fsp3) is 0. The molecule has 0 saturated heterocycles. The summed E-state index contributed by atoms with van der Waals surface area (Å²) in [5, 5.41) is 5.37. The summed E-state index contributed by atoms with van der Waals surface area (Å²) in [7, 11) is 0. The molecule has 4 aromatic carbocycles. The Kier molecular flexibility index (Phi) is 2.91. The summed E-state index contributed by atoms with van der Waals surface area (Å²) in [6, 6.07) is 27.0. The molecule has 0 spiro atoms. The van der Waals surface area contributed by atoms with E-state index in [4.69, 9.17) is 16.0 Å². The Morgan fingerprint density at radius 2 is 1.38 bits per heavy atom. The Morgan fingerprint density at radius 1 is 0.625 bits per heavy atom. The standard InChI is InChI=1S/C22H13ClO/c23-16-9-11-22-20(13-16)19-12-15(8-10-21(19)24-22)18-7-3-5-14-4-1-2-6-17(14)18/h1-13H. The van der Waals surface area contributed by atoms with Crippen molar-refractivity contribution in [3.05, 3.63) is 83.9 Å². The first kappa shape index (κ1) is 13.6. The van der Waals surface area contributed by atoms with Crippen LogP contribution < -0.4 is 0 Å². The first-order valence-electron chi connectivity index (χ1n) is 7.89. The van der Waals surface area contributed by atoms with Gasteiger partial charge in [0.25, 0.3) is 0 Å². The molecule has 0 unspecified atom stereocenters. The lowest BCUT2D eigenvalue weighted by atomic mass is 9.97. The Hall–Kier alpha value is -2.77. The van der Waals surface area contributed by atoms with Crippen LogP contribution in [0.15, 0.2) is 83.3 Å². The summed E-state index contributed by atoms with van der Waals surface area (Å²) in [4.78, 5) is 0. The second-order valence-corrected chi connectivity index (χ2v) is 6.42. The van der Waals surface area contributed by atoms with Crippen LogP contribution in [0.1, 0.15) is 0 Å². The van der Waals surface area contributed by atoms with Crippen molar-refractivity contribution in [3.63, 3.8) is 0 Å². The van der Waals surface area contributed by atoms with Crippen molar-refractivity contribution in [2.45, 2.75) is 0 Å². The van der Waals surface area contributed by atoms with Gasteiger partial charge in [-0.25, -0.2) is 0 Å². The van der Waals surface area contributed by atoms with E-state index in [2.05, 4.69) is 54.6 Å². The molecule has 0 aliphatic carbocycles. The molecule has 0 atom stereocenters. The average molecular weight is 329 g/mol. The van der Waals surface area contributed by atoms with E-state index in [0.29, 0.717) is 0 Å². The first-order valence-corrected chi connectivity index (χ1v) is 8.27. The normalized spacial score (nSPS) is 11.5. The van der Waals surface area contributed by atoms with E-state index in [-0.39, 0.29) is 0 Å². The largest absolute Gasteiger partial charge is 0.456 e. The third kappa shape index (κ3) is 2.02. The van der Waals surface area contributed by atoms with Gasteiger partial charge in [0, 0.05) is 15.8 Å². The molecule has 1 nitrogen and oxygen atoms in total. The molecule has 0 radical (unpaired) electrons. The zero-order valence-corrected chi connectivity index (χ0v) is 13.5. The van der Waals surface area contributed by atoms with Crippen molar-refractivity contribution in [1.82, 2.24) is 0 Å². The van der Waals surface area contributed by atoms with Crippen LogP contribution in [-0.2, 0) is 0 Å². The summed E-state index contributed by atoms with van der Waals surface area (Å²) in [6.07, 6.45) is 0. The number of hydrogen-bond donors (Lipinski definition) is 0. The maximum absolute atomic E-state index is 6.17. The highest BCUT2D eigenvalue weighted by Crippen LogP contribution is 2.35. The number of benzene rings is 4. The second-order valence-electron chi connectivity index (χ2n) is 5.98. The van der Waals surface area contributed by atoms with Gasteiger partial charge in [-0.3, -0.25) is 0 Å². The summed E-state index contributed by atoms with van der Waals surface area (Å²) < 4.78 is 5.93. The first-order chi connectivity index (χ1) is 11.8. The lowest BCUT2D eigenvalue weighted by molar-refractivity contribution is 0.669. The predicted molar refractivity (Wildman–Crippen MR) is 102 cm³/mol. The Labute approximate surface area is 144 Å². The molecule has 5 aromatic rings. The molecule has 0 aliphatic rings. The van der Waals surface area contributed by atoms with Crippen molar-refractivity contribution in [1.29, 1.82) is 0 Å². The minimum Gasteiger partial charge on any atom is -0.456 e. The fourth-order valence-corrected chi connectivity index (χ4v) is 3.57. The van der Waals surface area contributed by atoms with Crippen molar-refractivity contribution >= 4 is 44.3 Å². The molecule has 0 bridgehead atoms. The highest BCUT2D eigenvalue weighted by Gasteiger charge is 2.10. The number of fused-ring (bicyclic) bond motifs is 4. The lowest BCUT2D eigenvalue weighted by Crippen LogP contribution is -1.81. The monoisotopic (exact) mass is 328 g/mol. The molecular weight excluding hydrogens is 316 g/mol. The SMILES string of the molecule is Clc1ccc2oc3ccc(-c4cccc5ccccc45)cc3c2c1. The van der Waals surface area contributed by atoms with Gasteiger partial charge in [-0.2, -0.15) is 0 Å². The highest BCUT2D eigenvalue weighted by atomic mass is 35.5. The van der Waals surface area contributed by atoms with Gasteiger partial charge in [0.1, 0.15) is 11.2 Å². The van der Waals surface area contributed by atoms with Crippen molar-refractivity contribution in [2.75, 3.05) is 0 Å². The van der Waals surface area contributed by atoms with Crippen LogP contribution >= 0.6 is 11.6 Å². The molecule has 0 N–H and O–H groups in total. The molecule has 1 aromatic heterocycles. The van der Waals surface area contributed by atoms with Crippen LogP contribution in [0.5, 0.6) is 0 Å². The zero-order valence-electron chi connectivity index (χ0n) is 12.8. The predicted octanol–water partition coefficient (Wildman–Crippen LogP) is 7.06. The fourth-order valence-electron chi connectivity index (χ4n) is 3.39. The molecule has 0 amide bonds. The summed E-state index contributed by atoms with van der Waals surface area (Å²) in [5.74, 6) is 0. The van der Waals surface area contributed by atoms with Crippen LogP contribution in [0.2, 0.25) is 5.02 Å². The molecule has 0 fully saturated rings. The highest BCUT2D eigenvalue weighted by molar-refractivity contribution is 6.31. The van der Waals surface area contributed by atoms with E-state index in [9.17, 15) is 0 Å². The van der Waals surface area contributed by atoms with Gasteiger partial charge < -0.3 is 4.42 Å². The Bertz CT molecular complexity index is 1210. The zero-order chi connectivity index (χ0) is 16.1. The lowest BCUT2D eigenvalue weighted by Gasteiger charge is -2.07. The summed E-state index contributed by atoms with van der Waals surface area (Å²) >= 11 is 6.17. The van der Waals surface area contributed by atoms with E-state index >= 15 is 0 Å². The Morgan fingerprint density at radius 3 is 2.29 bits per heavy atom. The van der Waals surface area contributed by atoms with Gasteiger partial charge in [-0.1, -0.05) is 60.1 Å². The van der Waals surface area contributed by atoms with Gasteiger partial charge in [0.2, 0.25) is 0 Å². The average Bonchev–Trinajstić information content (AvgIpc) is 2.98. The van der Waals surface area contributed by atoms with Gasteiger partial charge in [0.05, 0.1) is 0 Å². The van der Waals surface area contributed by atoms with Gasteiger partial charge in [0.15, 0.2) is 0 Å². The van der Waals surface area contributed by atoms with E-state index in [1.165, 1.54) is 21.9 Å². The van der Waals surface area contributed by atoms with Crippen LogP contribution in [0.3, 0.4) is 0 Å². The summed E-state index contributed by atoms with van der Waals surface area (Å²) in [5.41, 5.74) is 4.16. The van der Waals surface area contributed by atoms with Crippen molar-refractivity contribution < 1.29 is 4.42 Å². The minimum absolute atomic E-state index is 0.723. The van der Waals surface area contributed by atoms with Crippen molar-refractivity contribution in [2.24, 2.45) is 0 Å². The maximum Gasteiger partial charge on any atom is 0.135 e. The van der Waals surface area contributed by atoms with E-state index in [1.54, 1.807) is 0 Å². The van der Waals surface area contributed by atoms with Gasteiger partial charge >= 0.3 is 0 Å². The van der Waals surface area contributed by atoms with E-state index in [1.807, 2.05) is 24.3 Å². The van der Waals surface area contributed by atoms with E-state index in [0.717, 1.165) is 27.0 Å². The molecule has 1 heterocycles. The second kappa shape index (κ2) is 5.12. The van der Waals surface area contributed by atoms with Crippen LogP contribution in [0.25, 0.3) is 43.8 Å². The molecule has 114 valence electrons. The third-order valence-electron chi connectivity index (χ3n) is 4.53. The molecule has 0 aliphatic heterocycles. The van der Waals surface area contributed by atoms with Gasteiger partial charge in [-0.15, -0.1) is 0 Å². The minimum atomic E-state index is 0.723. The molecular formula is C22H13ClO. The number of rotatable bonds is 1. The third-order valence-corrected chi connectivity index (χ3v) is 4.77. The number of halogens is 1. The maximum atomic E-state index is 6.17. The topological polar surface area (TPSA) is 13.1 Å². The van der Waals surface area contributed by atoms with Gasteiger partial charge in [-0.05, 0) is 52.2 Å². The van der Waals surface area contributed by atoms with Crippen LogP contribution in [0.4, 0.5) is 0 Å². The molecule has 2 heteroatoms.